The lowest BCUT2D eigenvalue weighted by atomic mass is 10.0. The fraction of sp³-hybridized carbons (Fsp3) is 0.528. The van der Waals surface area contributed by atoms with E-state index in [2.05, 4.69) is 26.3 Å². The highest BCUT2D eigenvalue weighted by Crippen LogP contribution is 2.45. The summed E-state index contributed by atoms with van der Waals surface area (Å²) in [4.78, 5) is 88.1. The molecule has 1 aliphatic carbocycles. The first-order chi connectivity index (χ1) is 24.8. The second-order valence-corrected chi connectivity index (χ2v) is 15.5. The highest BCUT2D eigenvalue weighted by atomic mass is 32.1. The van der Waals surface area contributed by atoms with Crippen molar-refractivity contribution in [2.45, 2.75) is 108 Å². The maximum atomic E-state index is 14.3. The number of imide groups is 1. The third-order valence-electron chi connectivity index (χ3n) is 9.58. The number of carbonyl (C=O) groups is 6. The Bertz CT molecular complexity index is 1700. The van der Waals surface area contributed by atoms with Crippen molar-refractivity contribution in [1.82, 2.24) is 30.7 Å². The van der Waals surface area contributed by atoms with Crippen molar-refractivity contribution in [3.63, 3.8) is 0 Å². The van der Waals surface area contributed by atoms with Crippen LogP contribution in [-0.4, -0.2) is 86.6 Å². The summed E-state index contributed by atoms with van der Waals surface area (Å²) in [5.41, 5.74) is -0.230. The van der Waals surface area contributed by atoms with Crippen LogP contribution in [0.1, 0.15) is 76.8 Å². The molecule has 1 aromatic heterocycles. The fourth-order valence-corrected chi connectivity index (χ4v) is 7.45. The van der Waals surface area contributed by atoms with Crippen molar-refractivity contribution in [3.8, 4) is 0 Å². The number of anilines is 1. The highest BCUT2D eigenvalue weighted by Gasteiger charge is 2.61. The van der Waals surface area contributed by atoms with Crippen LogP contribution in [0, 0.1) is 5.92 Å². The number of nitrogens with zero attached hydrogens (tertiary/aromatic N) is 3. The molecule has 2 fully saturated rings. The summed E-state index contributed by atoms with van der Waals surface area (Å²) in [6.45, 7) is 5.80. The molecule has 1 saturated carbocycles. The largest absolute Gasteiger partial charge is 0.444 e. The molecule has 4 N–H and O–H groups in total. The predicted molar refractivity (Wildman–Crippen MR) is 190 cm³/mol. The van der Waals surface area contributed by atoms with Gasteiger partial charge in [-0.1, -0.05) is 49.3 Å². The molecule has 0 unspecified atom stereocenters. The van der Waals surface area contributed by atoms with Crippen molar-refractivity contribution in [3.05, 3.63) is 59.1 Å². The van der Waals surface area contributed by atoms with Crippen LogP contribution >= 0.6 is 11.3 Å². The number of hydrogen-bond acceptors (Lipinski definition) is 10. The molecule has 0 spiro atoms. The van der Waals surface area contributed by atoms with E-state index in [-0.39, 0.29) is 19.4 Å². The van der Waals surface area contributed by atoms with E-state index in [1.54, 1.807) is 31.1 Å². The molecule has 52 heavy (non-hydrogen) atoms. The minimum absolute atomic E-state index is 0.0357. The molecular formula is C36H45N7O8S. The topological polar surface area (TPSA) is 188 Å². The lowest BCUT2D eigenvalue weighted by Crippen LogP contribution is -2.58. The molecule has 16 heteroatoms. The monoisotopic (exact) mass is 735 g/mol. The lowest BCUT2D eigenvalue weighted by Gasteiger charge is -2.30. The quantitative estimate of drug-likeness (QED) is 0.334. The molecule has 6 rings (SSSR count). The average molecular weight is 736 g/mol. The van der Waals surface area contributed by atoms with Crippen molar-refractivity contribution in [2.75, 3.05) is 11.9 Å². The minimum atomic E-state index is -1.45. The van der Waals surface area contributed by atoms with Gasteiger partial charge in [0, 0.05) is 37.0 Å². The Morgan fingerprint density at radius 2 is 1.81 bits per heavy atom. The number of fused-ring (bicyclic) bond motifs is 3. The number of alkyl carbamates (subject to hydrolysis) is 1. The van der Waals surface area contributed by atoms with Gasteiger partial charge in [0.15, 0.2) is 5.13 Å². The van der Waals surface area contributed by atoms with Crippen LogP contribution in [0.25, 0.3) is 0 Å². The Hall–Kier alpha value is -4.99. The number of aromatic nitrogens is 1. The van der Waals surface area contributed by atoms with Gasteiger partial charge in [0.25, 0.3) is 5.91 Å². The zero-order chi connectivity index (χ0) is 37.0. The average Bonchev–Trinajstić information content (AvgIpc) is 3.50. The third kappa shape index (κ3) is 8.72. The van der Waals surface area contributed by atoms with Crippen molar-refractivity contribution in [1.29, 1.82) is 0 Å². The molecular weight excluding hydrogens is 691 g/mol. The number of amides is 7. The second-order valence-electron chi connectivity index (χ2n) is 14.7. The van der Waals surface area contributed by atoms with E-state index in [0.29, 0.717) is 37.5 Å². The van der Waals surface area contributed by atoms with E-state index in [4.69, 9.17) is 9.47 Å². The van der Waals surface area contributed by atoms with Gasteiger partial charge < -0.3 is 25.0 Å². The van der Waals surface area contributed by atoms with E-state index in [0.717, 1.165) is 24.0 Å². The number of nitrogens with one attached hydrogen (secondary N) is 4. The molecule has 1 aromatic carbocycles. The SMILES string of the molecule is CC(C)(C)OC(=O)N[C@H]1CCCCC/C=C\[C@@H]2C[C@@]2(C(=O)NC(=O)Nc2nccs2)NC(=O)[C@@H]2C[C@@H](OC(=O)N3Cc4ccccc4C3)CN2C1=O. The van der Waals surface area contributed by atoms with Crippen LogP contribution in [0.5, 0.6) is 0 Å². The number of rotatable bonds is 4. The van der Waals surface area contributed by atoms with Crippen molar-refractivity contribution in [2.24, 2.45) is 5.92 Å². The Kier molecular flexibility index (Phi) is 10.8. The minimum Gasteiger partial charge on any atom is -0.444 e. The molecule has 1 saturated heterocycles. The summed E-state index contributed by atoms with van der Waals surface area (Å²) in [5, 5.41) is 12.4. The molecule has 0 radical (unpaired) electrons. The highest BCUT2D eigenvalue weighted by molar-refractivity contribution is 7.13. The standard InChI is InChI=1S/C36H45N7O8S/c1-35(2,3)51-33(48)38-26-14-8-6-4-5-7-13-24-18-36(24,30(46)39-31(47)40-32-37-15-16-52-32)41-28(44)27-17-25(21-43(27)29(26)45)50-34(49)42-19-22-11-9-10-12-23(22)20-42/h7,9-13,15-16,24-27H,4-6,8,14,17-21H2,1-3H3,(H,38,48)(H,41,44)(H2,37,39,40,46,47)/b13-7-/t24-,25-,26+,27+,36-/m1/s1. The summed E-state index contributed by atoms with van der Waals surface area (Å²) in [7, 11) is 0. The third-order valence-corrected chi connectivity index (χ3v) is 10.3. The summed E-state index contributed by atoms with van der Waals surface area (Å²) in [6, 6.07) is 4.75. The summed E-state index contributed by atoms with van der Waals surface area (Å²) in [6.07, 6.45) is 6.53. The van der Waals surface area contributed by atoms with Crippen LogP contribution in [0.15, 0.2) is 48.0 Å². The van der Waals surface area contributed by atoms with Crippen LogP contribution in [0.4, 0.5) is 19.5 Å². The van der Waals surface area contributed by atoms with Gasteiger partial charge in [-0.3, -0.25) is 29.9 Å². The Morgan fingerprint density at radius 1 is 1.06 bits per heavy atom. The van der Waals surface area contributed by atoms with Gasteiger partial charge in [-0.25, -0.2) is 19.4 Å². The van der Waals surface area contributed by atoms with Crippen LogP contribution < -0.4 is 21.3 Å². The summed E-state index contributed by atoms with van der Waals surface area (Å²) < 4.78 is 11.4. The number of carbonyl (C=O) groups excluding carboxylic acids is 6. The molecule has 4 aliphatic rings. The van der Waals surface area contributed by atoms with Gasteiger partial charge in [-0.15, -0.1) is 11.3 Å². The number of urea groups is 1. The second kappa shape index (κ2) is 15.3. The molecule has 5 atom stereocenters. The van der Waals surface area contributed by atoms with Gasteiger partial charge in [-0.2, -0.15) is 0 Å². The Labute approximate surface area is 305 Å². The molecule has 278 valence electrons. The normalized spacial score (nSPS) is 26.7. The molecule has 7 amide bonds. The number of thiazole rings is 1. The van der Waals surface area contributed by atoms with Gasteiger partial charge in [-0.05, 0) is 57.6 Å². The van der Waals surface area contributed by atoms with E-state index >= 15 is 0 Å². The van der Waals surface area contributed by atoms with E-state index in [9.17, 15) is 28.8 Å². The maximum absolute atomic E-state index is 14.3. The first-order valence-electron chi connectivity index (χ1n) is 17.6. The first kappa shape index (κ1) is 36.8. The van der Waals surface area contributed by atoms with E-state index in [1.165, 1.54) is 22.4 Å². The Balaban J connectivity index is 1.23. The number of allylic oxidation sites excluding steroid dienone is 1. The van der Waals surface area contributed by atoms with Crippen molar-refractivity contribution < 1.29 is 38.2 Å². The van der Waals surface area contributed by atoms with Gasteiger partial charge in [0.05, 0.1) is 6.54 Å². The number of ether oxygens (including phenoxy) is 2. The Morgan fingerprint density at radius 3 is 2.50 bits per heavy atom. The molecule has 4 heterocycles. The smallest absolute Gasteiger partial charge is 0.410 e. The van der Waals surface area contributed by atoms with Crippen LogP contribution in [0.2, 0.25) is 0 Å². The van der Waals surface area contributed by atoms with E-state index in [1.807, 2.05) is 36.4 Å². The fourth-order valence-electron chi connectivity index (χ4n) is 6.92. The van der Waals surface area contributed by atoms with Gasteiger partial charge in [0.1, 0.15) is 29.3 Å². The zero-order valence-electron chi connectivity index (χ0n) is 29.5. The summed E-state index contributed by atoms with van der Waals surface area (Å²) >= 11 is 1.18. The van der Waals surface area contributed by atoms with Crippen molar-refractivity contribution >= 4 is 52.4 Å². The predicted octanol–water partition coefficient (Wildman–Crippen LogP) is 4.20. The summed E-state index contributed by atoms with van der Waals surface area (Å²) in [5.74, 6) is -2.27. The van der Waals surface area contributed by atoms with Crippen LogP contribution in [0.3, 0.4) is 0 Å². The number of benzene rings is 1. The molecule has 3 aliphatic heterocycles. The van der Waals surface area contributed by atoms with Gasteiger partial charge in [0.2, 0.25) is 11.8 Å². The molecule has 2 aromatic rings. The van der Waals surface area contributed by atoms with Crippen LogP contribution in [-0.2, 0) is 36.9 Å². The first-order valence-corrected chi connectivity index (χ1v) is 18.5. The molecule has 15 nitrogen and oxygen atoms in total. The van der Waals surface area contributed by atoms with Gasteiger partial charge >= 0.3 is 18.2 Å². The lowest BCUT2D eigenvalue weighted by molar-refractivity contribution is -0.141. The number of hydrogen-bond donors (Lipinski definition) is 4. The molecule has 0 bridgehead atoms. The zero-order valence-corrected chi connectivity index (χ0v) is 30.3. The maximum Gasteiger partial charge on any atom is 0.410 e. The van der Waals surface area contributed by atoms with E-state index < -0.39 is 71.2 Å².